The topological polar surface area (TPSA) is 67.7 Å². The third kappa shape index (κ3) is 3.74. The Bertz CT molecular complexity index is 655. The van der Waals surface area contributed by atoms with Crippen molar-refractivity contribution in [3.05, 3.63) is 17.4 Å². The summed E-state index contributed by atoms with van der Waals surface area (Å²) in [6.45, 7) is 8.09. The minimum Gasteiger partial charge on any atom is -0.381 e. The van der Waals surface area contributed by atoms with Crippen LogP contribution in [0.4, 0.5) is 0 Å². The highest BCUT2D eigenvalue weighted by atomic mass is 35.5. The molecule has 7 nitrogen and oxygen atoms in total. The van der Waals surface area contributed by atoms with Gasteiger partial charge < -0.3 is 14.5 Å². The van der Waals surface area contributed by atoms with Crippen molar-refractivity contribution in [3.63, 3.8) is 0 Å². The molecule has 3 rings (SSSR count). The van der Waals surface area contributed by atoms with Crippen LogP contribution in [0.25, 0.3) is 0 Å². The van der Waals surface area contributed by atoms with Gasteiger partial charge in [-0.05, 0) is 26.7 Å². The van der Waals surface area contributed by atoms with Crippen molar-refractivity contribution in [2.45, 2.75) is 33.2 Å². The predicted octanol–water partition coefficient (Wildman–Crippen LogP) is 1.66. The Morgan fingerprint density at radius 2 is 2.12 bits per heavy atom. The summed E-state index contributed by atoms with van der Waals surface area (Å²) < 4.78 is 7.17. The van der Waals surface area contributed by atoms with E-state index in [4.69, 9.17) is 16.3 Å². The number of aromatic nitrogens is 2. The molecule has 1 unspecified atom stereocenters. The van der Waals surface area contributed by atoms with Crippen molar-refractivity contribution >= 4 is 23.4 Å². The summed E-state index contributed by atoms with van der Waals surface area (Å²) in [6, 6.07) is 0. The number of hydrogen-bond acceptors (Lipinski definition) is 4. The van der Waals surface area contributed by atoms with Gasteiger partial charge >= 0.3 is 0 Å². The summed E-state index contributed by atoms with van der Waals surface area (Å²) in [5.74, 6) is 0.147. The minimum absolute atomic E-state index is 0.0395. The normalized spacial score (nSPS) is 22.4. The van der Waals surface area contributed by atoms with Gasteiger partial charge in [-0.15, -0.1) is 0 Å². The predicted molar refractivity (Wildman–Crippen MR) is 97.7 cm³/mol. The van der Waals surface area contributed by atoms with Crippen LogP contribution in [-0.4, -0.2) is 70.8 Å². The quantitative estimate of drug-likeness (QED) is 0.750. The van der Waals surface area contributed by atoms with Gasteiger partial charge in [0, 0.05) is 44.4 Å². The number of carbonyl (C=O) groups excluding carboxylic acids is 2. The Kier molecular flexibility index (Phi) is 5.87. The number of carbonyl (C=O) groups is 2. The summed E-state index contributed by atoms with van der Waals surface area (Å²) in [5.41, 5.74) is -0.0753. The fourth-order valence-electron chi connectivity index (χ4n) is 4.17. The van der Waals surface area contributed by atoms with Crippen molar-refractivity contribution in [1.82, 2.24) is 19.6 Å². The zero-order valence-corrected chi connectivity index (χ0v) is 16.2. The molecule has 0 bridgehead atoms. The second kappa shape index (κ2) is 7.96. The highest BCUT2D eigenvalue weighted by Crippen LogP contribution is 2.45. The molecule has 2 fully saturated rings. The molecule has 1 aromatic heterocycles. The van der Waals surface area contributed by atoms with Crippen molar-refractivity contribution < 1.29 is 14.3 Å². The maximum absolute atomic E-state index is 12.7. The molecular formula is C18H27ClN4O3. The van der Waals surface area contributed by atoms with Crippen LogP contribution >= 0.6 is 11.6 Å². The Labute approximate surface area is 159 Å². The number of rotatable bonds is 6. The number of amides is 2. The molecule has 1 aromatic rings. The number of hydrogen-bond donors (Lipinski definition) is 0. The molecule has 2 saturated heterocycles. The van der Waals surface area contributed by atoms with E-state index in [9.17, 15) is 9.59 Å². The van der Waals surface area contributed by atoms with Gasteiger partial charge in [0.25, 0.3) is 0 Å². The van der Waals surface area contributed by atoms with Crippen LogP contribution in [0.1, 0.15) is 26.7 Å². The number of ether oxygens (including phenoxy) is 1. The molecule has 0 radical (unpaired) electrons. The Balaban J connectivity index is 1.63. The van der Waals surface area contributed by atoms with Crippen LogP contribution < -0.4 is 0 Å². The van der Waals surface area contributed by atoms with Gasteiger partial charge in [0.1, 0.15) is 6.54 Å². The fourth-order valence-corrected chi connectivity index (χ4v) is 4.33. The second-order valence-electron chi connectivity index (χ2n) is 7.16. The standard InChI is InChI=1S/C18H27ClN4O3/c1-3-21-13-18(15(17(21)25)12-26-4-2)5-7-22(8-6-18)16(24)11-23-10-14(19)9-20-23/h9-10,15H,3-8,11-13H2,1-2H3. The molecule has 0 aliphatic carbocycles. The molecule has 0 N–H and O–H groups in total. The molecule has 3 heterocycles. The molecule has 0 saturated carbocycles. The summed E-state index contributed by atoms with van der Waals surface area (Å²) in [4.78, 5) is 29.1. The average molecular weight is 383 g/mol. The Morgan fingerprint density at radius 1 is 1.38 bits per heavy atom. The van der Waals surface area contributed by atoms with E-state index in [0.29, 0.717) is 31.3 Å². The maximum atomic E-state index is 12.7. The van der Waals surface area contributed by atoms with E-state index in [1.165, 1.54) is 6.20 Å². The summed E-state index contributed by atoms with van der Waals surface area (Å²) in [6.07, 6.45) is 4.84. The van der Waals surface area contributed by atoms with Crippen molar-refractivity contribution in [1.29, 1.82) is 0 Å². The van der Waals surface area contributed by atoms with Gasteiger partial charge in [0.2, 0.25) is 11.8 Å². The van der Waals surface area contributed by atoms with E-state index in [1.807, 2.05) is 23.6 Å². The van der Waals surface area contributed by atoms with Crippen LogP contribution in [0.3, 0.4) is 0 Å². The van der Waals surface area contributed by atoms with Gasteiger partial charge in [0.05, 0.1) is 23.7 Å². The molecule has 0 aromatic carbocycles. The Morgan fingerprint density at radius 3 is 2.69 bits per heavy atom. The molecule has 2 aliphatic heterocycles. The van der Waals surface area contributed by atoms with Gasteiger partial charge in [-0.2, -0.15) is 5.10 Å². The second-order valence-corrected chi connectivity index (χ2v) is 7.60. The van der Waals surface area contributed by atoms with E-state index in [0.717, 1.165) is 25.9 Å². The lowest BCUT2D eigenvalue weighted by Gasteiger charge is -2.41. The van der Waals surface area contributed by atoms with Gasteiger partial charge in [-0.25, -0.2) is 0 Å². The number of nitrogens with zero attached hydrogens (tertiary/aromatic N) is 4. The first-order valence-corrected chi connectivity index (χ1v) is 9.69. The highest BCUT2D eigenvalue weighted by molar-refractivity contribution is 6.30. The van der Waals surface area contributed by atoms with E-state index in [-0.39, 0.29) is 29.7 Å². The van der Waals surface area contributed by atoms with Gasteiger partial charge in [-0.3, -0.25) is 14.3 Å². The van der Waals surface area contributed by atoms with Crippen molar-refractivity contribution in [2.75, 3.05) is 39.4 Å². The summed E-state index contributed by atoms with van der Waals surface area (Å²) in [5, 5.41) is 4.59. The Hall–Kier alpha value is -1.60. The smallest absolute Gasteiger partial charge is 0.244 e. The molecule has 2 amide bonds. The van der Waals surface area contributed by atoms with Crippen LogP contribution in [-0.2, 0) is 20.9 Å². The van der Waals surface area contributed by atoms with E-state index in [1.54, 1.807) is 10.9 Å². The maximum Gasteiger partial charge on any atom is 0.244 e. The molecule has 2 aliphatic rings. The molecule has 1 spiro atoms. The first-order valence-electron chi connectivity index (χ1n) is 9.31. The SMILES string of the molecule is CCOCC1C(=O)N(CC)CC12CCN(C(=O)Cn1cc(Cl)cn1)CC2. The van der Waals surface area contributed by atoms with Crippen LogP contribution in [0.2, 0.25) is 5.02 Å². The molecule has 26 heavy (non-hydrogen) atoms. The largest absolute Gasteiger partial charge is 0.381 e. The lowest BCUT2D eigenvalue weighted by Crippen LogP contribution is -2.48. The zero-order valence-electron chi connectivity index (χ0n) is 15.5. The molecule has 1 atom stereocenters. The van der Waals surface area contributed by atoms with Crippen LogP contribution in [0, 0.1) is 11.3 Å². The van der Waals surface area contributed by atoms with Crippen LogP contribution in [0.5, 0.6) is 0 Å². The van der Waals surface area contributed by atoms with Gasteiger partial charge in [0.15, 0.2) is 0 Å². The first kappa shape index (κ1) is 19.2. The first-order chi connectivity index (χ1) is 12.5. The summed E-state index contributed by atoms with van der Waals surface area (Å²) >= 11 is 5.85. The molecule has 144 valence electrons. The van der Waals surface area contributed by atoms with E-state index >= 15 is 0 Å². The summed E-state index contributed by atoms with van der Waals surface area (Å²) in [7, 11) is 0. The number of halogens is 1. The van der Waals surface area contributed by atoms with Crippen molar-refractivity contribution in [2.24, 2.45) is 11.3 Å². The zero-order chi connectivity index (χ0) is 18.7. The van der Waals surface area contributed by atoms with Crippen LogP contribution in [0.15, 0.2) is 12.4 Å². The van der Waals surface area contributed by atoms with E-state index < -0.39 is 0 Å². The van der Waals surface area contributed by atoms with Gasteiger partial charge in [-0.1, -0.05) is 11.6 Å². The minimum atomic E-state index is -0.0930. The number of likely N-dealkylation sites (tertiary alicyclic amines) is 2. The highest BCUT2D eigenvalue weighted by Gasteiger charge is 2.52. The number of piperidine rings is 1. The molecular weight excluding hydrogens is 356 g/mol. The average Bonchev–Trinajstić information content (AvgIpc) is 3.15. The third-order valence-corrected chi connectivity index (χ3v) is 5.93. The third-order valence-electron chi connectivity index (χ3n) is 5.74. The van der Waals surface area contributed by atoms with E-state index in [2.05, 4.69) is 5.10 Å². The lowest BCUT2D eigenvalue weighted by atomic mass is 9.71. The van der Waals surface area contributed by atoms with Crippen molar-refractivity contribution in [3.8, 4) is 0 Å². The lowest BCUT2D eigenvalue weighted by molar-refractivity contribution is -0.136. The monoisotopic (exact) mass is 382 g/mol. The molecule has 8 heteroatoms. The fraction of sp³-hybridized carbons (Fsp3) is 0.722.